The van der Waals surface area contributed by atoms with Crippen molar-refractivity contribution in [3.8, 4) is 5.69 Å². The number of ether oxygens (including phenoxy) is 1. The van der Waals surface area contributed by atoms with Crippen LogP contribution in [0.25, 0.3) is 5.69 Å². The lowest BCUT2D eigenvalue weighted by Crippen LogP contribution is -2.48. The number of carbonyl (C=O) groups excluding carboxylic acids is 1. The minimum absolute atomic E-state index is 0.106. The van der Waals surface area contributed by atoms with Gasteiger partial charge in [0, 0.05) is 24.2 Å². The van der Waals surface area contributed by atoms with E-state index < -0.39 is 28.7 Å². The molecule has 0 radical (unpaired) electrons. The lowest BCUT2D eigenvalue weighted by molar-refractivity contribution is 0.0295. The molecule has 32 heavy (non-hydrogen) atoms. The van der Waals surface area contributed by atoms with Crippen LogP contribution in [0, 0.1) is 12.7 Å². The van der Waals surface area contributed by atoms with Crippen molar-refractivity contribution in [3.05, 3.63) is 91.0 Å². The zero-order valence-electron chi connectivity index (χ0n) is 17.3. The summed E-state index contributed by atoms with van der Waals surface area (Å²) in [6.07, 6.45) is 0. The summed E-state index contributed by atoms with van der Waals surface area (Å²) in [5.41, 5.74) is -0.955. The van der Waals surface area contributed by atoms with Crippen LogP contribution in [-0.4, -0.2) is 51.5 Å². The van der Waals surface area contributed by atoms with Crippen molar-refractivity contribution in [2.75, 3.05) is 26.3 Å². The van der Waals surface area contributed by atoms with Gasteiger partial charge in [-0.15, -0.1) is 0 Å². The number of hydrogen-bond donors (Lipinski definition) is 0. The maximum atomic E-state index is 14.2. The number of amides is 1. The van der Waals surface area contributed by atoms with Crippen molar-refractivity contribution in [2.24, 2.45) is 0 Å². The Hall–Kier alpha value is -3.30. The minimum atomic E-state index is -0.824. The zero-order chi connectivity index (χ0) is 22.8. The highest BCUT2D eigenvalue weighted by molar-refractivity contribution is 6.30. The minimum Gasteiger partial charge on any atom is -0.378 e. The summed E-state index contributed by atoms with van der Waals surface area (Å²) >= 11 is 6.04. The van der Waals surface area contributed by atoms with E-state index >= 15 is 0 Å². The van der Waals surface area contributed by atoms with E-state index in [0.29, 0.717) is 42.5 Å². The Bertz CT molecular complexity index is 1300. The molecular formula is C22H20ClFN4O4. The highest BCUT2D eigenvalue weighted by atomic mass is 35.5. The molecule has 0 bridgehead atoms. The number of morpholine rings is 1. The van der Waals surface area contributed by atoms with Crippen molar-refractivity contribution in [3.63, 3.8) is 0 Å². The van der Waals surface area contributed by atoms with Crippen LogP contribution in [0.15, 0.2) is 52.1 Å². The fourth-order valence-electron chi connectivity index (χ4n) is 3.40. The van der Waals surface area contributed by atoms with Gasteiger partial charge in [-0.3, -0.25) is 14.2 Å². The Morgan fingerprint density at radius 1 is 1.16 bits per heavy atom. The highest BCUT2D eigenvalue weighted by Gasteiger charge is 2.26. The molecule has 2 aromatic carbocycles. The predicted octanol–water partition coefficient (Wildman–Crippen LogP) is 2.02. The first-order valence-corrected chi connectivity index (χ1v) is 10.3. The highest BCUT2D eigenvalue weighted by Crippen LogP contribution is 2.13. The first-order valence-electron chi connectivity index (χ1n) is 9.97. The molecule has 3 aromatic rings. The van der Waals surface area contributed by atoms with Gasteiger partial charge in [-0.2, -0.15) is 9.78 Å². The summed E-state index contributed by atoms with van der Waals surface area (Å²) in [5.74, 6) is -1.15. The van der Waals surface area contributed by atoms with Gasteiger partial charge in [-0.05, 0) is 36.2 Å². The summed E-state index contributed by atoms with van der Waals surface area (Å²) in [7, 11) is 0. The molecule has 0 unspecified atom stereocenters. The lowest BCUT2D eigenvalue weighted by atomic mass is 10.2. The molecule has 10 heteroatoms. The van der Waals surface area contributed by atoms with Gasteiger partial charge < -0.3 is 9.64 Å². The summed E-state index contributed by atoms with van der Waals surface area (Å²) < 4.78 is 21.2. The molecule has 4 rings (SSSR count). The topological polar surface area (TPSA) is 86.4 Å². The zero-order valence-corrected chi connectivity index (χ0v) is 18.0. The molecular weight excluding hydrogens is 439 g/mol. The molecule has 0 N–H and O–H groups in total. The molecule has 166 valence electrons. The second-order valence-corrected chi connectivity index (χ2v) is 7.84. The summed E-state index contributed by atoms with van der Waals surface area (Å²) in [4.78, 5) is 40.9. The first kappa shape index (κ1) is 21.9. The van der Waals surface area contributed by atoms with E-state index in [1.807, 2.05) is 0 Å². The number of carbonyl (C=O) groups is 1. The van der Waals surface area contributed by atoms with Crippen molar-refractivity contribution in [1.29, 1.82) is 0 Å². The third-order valence-corrected chi connectivity index (χ3v) is 5.43. The number of aromatic nitrogens is 3. The van der Waals surface area contributed by atoms with Gasteiger partial charge in [0.2, 0.25) is 5.69 Å². The molecule has 0 spiro atoms. The monoisotopic (exact) mass is 458 g/mol. The number of nitrogens with zero attached hydrogens (tertiary/aromatic N) is 4. The Labute approximate surface area is 187 Å². The van der Waals surface area contributed by atoms with Crippen molar-refractivity contribution in [2.45, 2.75) is 13.5 Å². The maximum absolute atomic E-state index is 14.2. The summed E-state index contributed by atoms with van der Waals surface area (Å²) in [5, 5.41) is 4.49. The molecule has 0 saturated carbocycles. The quantitative estimate of drug-likeness (QED) is 0.597. The second kappa shape index (κ2) is 9.05. The third-order valence-electron chi connectivity index (χ3n) is 5.19. The van der Waals surface area contributed by atoms with Crippen molar-refractivity contribution >= 4 is 17.5 Å². The molecule has 1 aromatic heterocycles. The van der Waals surface area contributed by atoms with Crippen LogP contribution < -0.4 is 11.2 Å². The fourth-order valence-corrected chi connectivity index (χ4v) is 3.62. The molecule has 1 aliphatic rings. The average molecular weight is 459 g/mol. The van der Waals surface area contributed by atoms with Crippen LogP contribution in [0.4, 0.5) is 4.39 Å². The SMILES string of the molecule is Cc1ccc(-n2nc(C(=O)N3CCOCC3)c(=O)n(Cc3cccc(Cl)c3)c2=O)cc1F. The van der Waals surface area contributed by atoms with Gasteiger partial charge in [0.15, 0.2) is 0 Å². The normalized spacial score (nSPS) is 13.9. The van der Waals surface area contributed by atoms with E-state index in [9.17, 15) is 18.8 Å². The first-order chi connectivity index (χ1) is 15.3. The van der Waals surface area contributed by atoms with E-state index in [4.69, 9.17) is 16.3 Å². The molecule has 0 aliphatic carbocycles. The van der Waals surface area contributed by atoms with E-state index in [-0.39, 0.29) is 12.2 Å². The Morgan fingerprint density at radius 2 is 1.91 bits per heavy atom. The van der Waals surface area contributed by atoms with Gasteiger partial charge in [-0.25, -0.2) is 9.18 Å². The van der Waals surface area contributed by atoms with Crippen molar-refractivity contribution in [1.82, 2.24) is 19.2 Å². The molecule has 1 saturated heterocycles. The second-order valence-electron chi connectivity index (χ2n) is 7.40. The van der Waals surface area contributed by atoms with E-state index in [0.717, 1.165) is 15.3 Å². The standard InChI is InChI=1S/C22H20ClFN4O4/c1-14-5-6-17(12-18(14)24)28-22(31)27(13-15-3-2-4-16(23)11-15)21(30)19(25-28)20(29)26-7-9-32-10-8-26/h2-6,11-12H,7-10,13H2,1H3. The molecule has 1 aliphatic heterocycles. The summed E-state index contributed by atoms with van der Waals surface area (Å²) in [6.45, 7) is 2.73. The summed E-state index contributed by atoms with van der Waals surface area (Å²) in [6, 6.07) is 10.8. The van der Waals surface area contributed by atoms with Crippen LogP contribution in [0.1, 0.15) is 21.6 Å². The largest absolute Gasteiger partial charge is 0.378 e. The number of halogens is 2. The van der Waals surface area contributed by atoms with Crippen LogP contribution in [0.2, 0.25) is 5.02 Å². The van der Waals surface area contributed by atoms with Gasteiger partial charge in [-0.1, -0.05) is 29.8 Å². The number of rotatable bonds is 4. The van der Waals surface area contributed by atoms with Gasteiger partial charge in [0.25, 0.3) is 11.5 Å². The van der Waals surface area contributed by atoms with Crippen molar-refractivity contribution < 1.29 is 13.9 Å². The van der Waals surface area contributed by atoms with Crippen LogP contribution in [0.3, 0.4) is 0 Å². The molecule has 1 fully saturated rings. The van der Waals surface area contributed by atoms with Crippen LogP contribution >= 0.6 is 11.6 Å². The average Bonchev–Trinajstić information content (AvgIpc) is 2.79. The van der Waals surface area contributed by atoms with Gasteiger partial charge in [0.1, 0.15) is 5.82 Å². The van der Waals surface area contributed by atoms with Crippen LogP contribution in [0.5, 0.6) is 0 Å². The number of hydrogen-bond acceptors (Lipinski definition) is 5. The van der Waals surface area contributed by atoms with Gasteiger partial charge >= 0.3 is 5.69 Å². The smallest absolute Gasteiger partial charge is 0.352 e. The third kappa shape index (κ3) is 4.35. The lowest BCUT2D eigenvalue weighted by Gasteiger charge is -2.26. The number of aryl methyl sites for hydroxylation is 1. The molecule has 8 nitrogen and oxygen atoms in total. The number of benzene rings is 2. The Kier molecular flexibility index (Phi) is 6.20. The van der Waals surface area contributed by atoms with Gasteiger partial charge in [0.05, 0.1) is 25.4 Å². The van der Waals surface area contributed by atoms with Crippen LogP contribution in [-0.2, 0) is 11.3 Å². The molecule has 1 amide bonds. The Balaban J connectivity index is 1.89. The molecule has 2 heterocycles. The van der Waals surface area contributed by atoms with E-state index in [2.05, 4.69) is 5.10 Å². The van der Waals surface area contributed by atoms with E-state index in [1.165, 1.54) is 17.0 Å². The van der Waals surface area contributed by atoms with E-state index in [1.54, 1.807) is 31.2 Å². The maximum Gasteiger partial charge on any atom is 0.352 e. The predicted molar refractivity (Wildman–Crippen MR) is 116 cm³/mol. The Morgan fingerprint density at radius 3 is 2.59 bits per heavy atom. The molecule has 0 atom stereocenters. The fraction of sp³-hybridized carbons (Fsp3) is 0.273.